The van der Waals surface area contributed by atoms with E-state index in [1.54, 1.807) is 13.0 Å². The van der Waals surface area contributed by atoms with Gasteiger partial charge in [-0.3, -0.25) is 4.79 Å². The van der Waals surface area contributed by atoms with E-state index in [1.807, 2.05) is 6.07 Å². The summed E-state index contributed by atoms with van der Waals surface area (Å²) in [7, 11) is 0. The largest absolute Gasteiger partial charge is 0.388 e. The molecule has 0 aromatic carbocycles. The molecule has 1 heterocycles. The highest BCUT2D eigenvalue weighted by molar-refractivity contribution is 5.92. The summed E-state index contributed by atoms with van der Waals surface area (Å²) < 4.78 is 0. The number of amides is 1. The van der Waals surface area contributed by atoms with Crippen LogP contribution in [0.3, 0.4) is 0 Å². The zero-order chi connectivity index (χ0) is 15.5. The van der Waals surface area contributed by atoms with Crippen LogP contribution in [-0.4, -0.2) is 28.1 Å². The molecule has 0 aliphatic heterocycles. The quantitative estimate of drug-likeness (QED) is 0.889. The lowest BCUT2D eigenvalue weighted by atomic mass is 9.79. The van der Waals surface area contributed by atoms with E-state index in [0.29, 0.717) is 30.0 Å². The first-order valence-corrected chi connectivity index (χ1v) is 7.32. The Labute approximate surface area is 125 Å². The second-order valence-corrected chi connectivity index (χ2v) is 6.03. The van der Waals surface area contributed by atoms with E-state index in [9.17, 15) is 9.90 Å². The van der Waals surface area contributed by atoms with Gasteiger partial charge in [-0.25, -0.2) is 4.98 Å². The van der Waals surface area contributed by atoms with Gasteiger partial charge in [-0.15, -0.1) is 0 Å². The number of nitriles is 1. The number of nitrogens with zero attached hydrogens (tertiary/aromatic N) is 2. The molecule has 0 unspecified atom stereocenters. The summed E-state index contributed by atoms with van der Waals surface area (Å²) >= 11 is 0. The molecule has 2 N–H and O–H groups in total. The smallest absolute Gasteiger partial charge is 0.269 e. The Bertz CT molecular complexity index is 569. The molecule has 5 heteroatoms. The predicted octanol–water partition coefficient (Wildman–Crippen LogP) is 1.93. The molecule has 0 atom stereocenters. The van der Waals surface area contributed by atoms with Crippen LogP contribution in [0.15, 0.2) is 12.1 Å². The Morgan fingerprint density at radius 3 is 2.76 bits per heavy atom. The molecule has 21 heavy (non-hydrogen) atoms. The van der Waals surface area contributed by atoms with Gasteiger partial charge in [0.25, 0.3) is 5.91 Å². The van der Waals surface area contributed by atoms with Gasteiger partial charge in [-0.05, 0) is 50.7 Å². The highest BCUT2D eigenvalue weighted by Crippen LogP contribution is 2.31. The minimum absolute atomic E-state index is 0.249. The summed E-state index contributed by atoms with van der Waals surface area (Å²) in [4.78, 5) is 16.2. The summed E-state index contributed by atoms with van der Waals surface area (Å²) in [6.07, 6.45) is 3.41. The van der Waals surface area contributed by atoms with Gasteiger partial charge in [0.05, 0.1) is 16.9 Å². The monoisotopic (exact) mass is 287 g/mol. The second-order valence-electron chi connectivity index (χ2n) is 6.03. The van der Waals surface area contributed by atoms with Crippen LogP contribution in [0.5, 0.6) is 0 Å². The Kier molecular flexibility index (Phi) is 4.59. The van der Waals surface area contributed by atoms with Crippen molar-refractivity contribution in [3.63, 3.8) is 0 Å². The normalized spacial score (nSPS) is 25.1. The van der Waals surface area contributed by atoms with E-state index in [0.717, 1.165) is 12.8 Å². The third-order valence-corrected chi connectivity index (χ3v) is 4.22. The number of pyridine rings is 1. The number of carbonyl (C=O) groups excluding carboxylic acids is 1. The standard InChI is InChI=1S/C16H21N3O2/c1-11-5-7-16(21,8-6-11)10-18-15(20)14-4-3-13(9-17)12(2)19-14/h3-4,11,21H,5-8,10H2,1-2H3,(H,18,20). The van der Waals surface area contributed by atoms with E-state index in [1.165, 1.54) is 6.07 Å². The van der Waals surface area contributed by atoms with Gasteiger partial charge in [-0.2, -0.15) is 5.26 Å². The summed E-state index contributed by atoms with van der Waals surface area (Å²) in [5.74, 6) is 0.332. The van der Waals surface area contributed by atoms with Crippen molar-refractivity contribution in [1.82, 2.24) is 10.3 Å². The van der Waals surface area contributed by atoms with Crippen molar-refractivity contribution in [2.45, 2.75) is 45.1 Å². The van der Waals surface area contributed by atoms with Gasteiger partial charge in [0.15, 0.2) is 0 Å². The van der Waals surface area contributed by atoms with E-state index in [2.05, 4.69) is 17.2 Å². The Morgan fingerprint density at radius 1 is 1.52 bits per heavy atom. The first-order chi connectivity index (χ1) is 9.93. The first kappa shape index (κ1) is 15.5. The zero-order valence-corrected chi connectivity index (χ0v) is 12.5. The molecule has 1 aromatic rings. The molecule has 0 saturated heterocycles. The fourth-order valence-electron chi connectivity index (χ4n) is 2.62. The van der Waals surface area contributed by atoms with Gasteiger partial charge in [-0.1, -0.05) is 6.92 Å². The van der Waals surface area contributed by atoms with Gasteiger partial charge >= 0.3 is 0 Å². The molecule has 2 rings (SSSR count). The number of aryl methyl sites for hydroxylation is 1. The molecule has 1 saturated carbocycles. The summed E-state index contributed by atoms with van der Waals surface area (Å²) in [6, 6.07) is 5.15. The molecule has 1 aromatic heterocycles. The van der Waals surface area contributed by atoms with E-state index >= 15 is 0 Å². The molecule has 1 aliphatic carbocycles. The van der Waals surface area contributed by atoms with Crippen molar-refractivity contribution in [3.05, 3.63) is 29.1 Å². The SMILES string of the molecule is Cc1nc(C(=O)NCC2(O)CCC(C)CC2)ccc1C#N. The second kappa shape index (κ2) is 6.23. The van der Waals surface area contributed by atoms with Crippen molar-refractivity contribution in [2.75, 3.05) is 6.54 Å². The number of carbonyl (C=O) groups is 1. The van der Waals surface area contributed by atoms with Gasteiger partial charge in [0.1, 0.15) is 11.8 Å². The summed E-state index contributed by atoms with van der Waals surface area (Å²) in [6.45, 7) is 4.13. The van der Waals surface area contributed by atoms with E-state index < -0.39 is 5.60 Å². The molecule has 112 valence electrons. The van der Waals surface area contributed by atoms with Crippen molar-refractivity contribution in [2.24, 2.45) is 5.92 Å². The van der Waals surface area contributed by atoms with E-state index in [4.69, 9.17) is 5.26 Å². The number of hydrogen-bond acceptors (Lipinski definition) is 4. The average molecular weight is 287 g/mol. The molecule has 1 amide bonds. The maximum absolute atomic E-state index is 12.1. The summed E-state index contributed by atoms with van der Waals surface area (Å²) in [5, 5.41) is 22.1. The molecule has 0 bridgehead atoms. The lowest BCUT2D eigenvalue weighted by molar-refractivity contribution is -0.00543. The number of hydrogen-bond donors (Lipinski definition) is 2. The van der Waals surface area contributed by atoms with Gasteiger partial charge < -0.3 is 10.4 Å². The van der Waals surface area contributed by atoms with Crippen LogP contribution in [0.4, 0.5) is 0 Å². The molecular weight excluding hydrogens is 266 g/mol. The molecule has 0 radical (unpaired) electrons. The van der Waals surface area contributed by atoms with E-state index in [-0.39, 0.29) is 18.1 Å². The fourth-order valence-corrected chi connectivity index (χ4v) is 2.62. The van der Waals surface area contributed by atoms with Crippen molar-refractivity contribution >= 4 is 5.91 Å². The Hall–Kier alpha value is -1.93. The van der Waals surface area contributed by atoms with Gasteiger partial charge in [0, 0.05) is 6.54 Å². The van der Waals surface area contributed by atoms with Crippen molar-refractivity contribution < 1.29 is 9.90 Å². The molecular formula is C16H21N3O2. The topological polar surface area (TPSA) is 86.0 Å². The van der Waals surface area contributed by atoms with Crippen molar-refractivity contribution in [1.29, 1.82) is 5.26 Å². The van der Waals surface area contributed by atoms with Crippen LogP contribution >= 0.6 is 0 Å². The highest BCUT2D eigenvalue weighted by Gasteiger charge is 2.32. The predicted molar refractivity (Wildman–Crippen MR) is 78.6 cm³/mol. The summed E-state index contributed by atoms with van der Waals surface area (Å²) in [5.41, 5.74) is 0.477. The van der Waals surface area contributed by atoms with Crippen LogP contribution < -0.4 is 5.32 Å². The fraction of sp³-hybridized carbons (Fsp3) is 0.562. The van der Waals surface area contributed by atoms with Gasteiger partial charge in [0.2, 0.25) is 0 Å². The highest BCUT2D eigenvalue weighted by atomic mass is 16.3. The molecule has 0 spiro atoms. The maximum Gasteiger partial charge on any atom is 0.269 e. The number of aromatic nitrogens is 1. The van der Waals surface area contributed by atoms with Crippen molar-refractivity contribution in [3.8, 4) is 6.07 Å². The van der Waals surface area contributed by atoms with Crippen LogP contribution in [-0.2, 0) is 0 Å². The molecule has 1 aliphatic rings. The lowest BCUT2D eigenvalue weighted by Gasteiger charge is -2.34. The molecule has 5 nitrogen and oxygen atoms in total. The van der Waals surface area contributed by atoms with Crippen LogP contribution in [0, 0.1) is 24.2 Å². The average Bonchev–Trinajstić information content (AvgIpc) is 2.48. The number of aliphatic hydroxyl groups is 1. The number of rotatable bonds is 3. The minimum atomic E-state index is -0.802. The Morgan fingerprint density at radius 2 is 2.19 bits per heavy atom. The zero-order valence-electron chi connectivity index (χ0n) is 12.5. The van der Waals surface area contributed by atoms with Crippen LogP contribution in [0.2, 0.25) is 0 Å². The lowest BCUT2D eigenvalue weighted by Crippen LogP contribution is -2.45. The number of nitrogens with one attached hydrogen (secondary N) is 1. The third-order valence-electron chi connectivity index (χ3n) is 4.22. The van der Waals surface area contributed by atoms with Crippen LogP contribution in [0.1, 0.15) is 54.4 Å². The minimum Gasteiger partial charge on any atom is -0.388 e. The maximum atomic E-state index is 12.1. The Balaban J connectivity index is 1.96. The first-order valence-electron chi connectivity index (χ1n) is 7.32. The van der Waals surface area contributed by atoms with Crippen LogP contribution in [0.25, 0.3) is 0 Å². The third kappa shape index (κ3) is 3.79. The molecule has 1 fully saturated rings.